The standard InChI is InChI=1S/C18H18O2/c1-19-17-10-7-13(12-18(17)20-2)11-15-9-8-14-5-3-4-6-16(14)15/h3-10,12,15H,11H2,1-2H3. The van der Waals surface area contributed by atoms with Crippen LogP contribution < -0.4 is 9.47 Å². The van der Waals surface area contributed by atoms with Crippen molar-refractivity contribution in [1.82, 2.24) is 0 Å². The van der Waals surface area contributed by atoms with Crippen LogP contribution in [-0.2, 0) is 6.42 Å². The second-order valence-corrected chi connectivity index (χ2v) is 4.99. The van der Waals surface area contributed by atoms with Crippen molar-refractivity contribution in [3.63, 3.8) is 0 Å². The van der Waals surface area contributed by atoms with E-state index in [-0.39, 0.29) is 0 Å². The molecule has 3 rings (SSSR count). The molecule has 20 heavy (non-hydrogen) atoms. The van der Waals surface area contributed by atoms with Gasteiger partial charge in [0.15, 0.2) is 11.5 Å². The zero-order valence-electron chi connectivity index (χ0n) is 11.8. The summed E-state index contributed by atoms with van der Waals surface area (Å²) in [5.41, 5.74) is 3.99. The van der Waals surface area contributed by atoms with Crippen molar-refractivity contribution >= 4 is 6.08 Å². The SMILES string of the molecule is COc1ccc(CC2C=Cc3ccccc32)cc1OC. The molecule has 2 nitrogen and oxygen atoms in total. The van der Waals surface area contributed by atoms with Crippen LogP contribution in [-0.4, -0.2) is 14.2 Å². The molecule has 2 aromatic carbocycles. The minimum atomic E-state index is 0.448. The molecule has 0 saturated heterocycles. The number of fused-ring (bicyclic) bond motifs is 1. The summed E-state index contributed by atoms with van der Waals surface area (Å²) in [6.07, 6.45) is 5.47. The molecule has 0 N–H and O–H groups in total. The topological polar surface area (TPSA) is 18.5 Å². The highest BCUT2D eigenvalue weighted by atomic mass is 16.5. The van der Waals surface area contributed by atoms with Gasteiger partial charge in [-0.2, -0.15) is 0 Å². The molecule has 102 valence electrons. The van der Waals surface area contributed by atoms with Gasteiger partial charge in [-0.3, -0.25) is 0 Å². The Kier molecular flexibility index (Phi) is 3.46. The van der Waals surface area contributed by atoms with Crippen molar-refractivity contribution in [2.75, 3.05) is 14.2 Å². The summed E-state index contributed by atoms with van der Waals surface area (Å²) in [5.74, 6) is 2.02. The Labute approximate surface area is 119 Å². The van der Waals surface area contributed by atoms with Crippen LogP contribution in [0.5, 0.6) is 11.5 Å². The van der Waals surface area contributed by atoms with E-state index in [4.69, 9.17) is 9.47 Å². The predicted molar refractivity (Wildman–Crippen MR) is 81.5 cm³/mol. The van der Waals surface area contributed by atoms with Gasteiger partial charge in [-0.15, -0.1) is 0 Å². The Morgan fingerprint density at radius 1 is 0.950 bits per heavy atom. The molecule has 1 atom stereocenters. The first-order chi connectivity index (χ1) is 9.81. The summed E-state index contributed by atoms with van der Waals surface area (Å²) >= 11 is 0. The molecular formula is C18H18O2. The molecule has 0 heterocycles. The molecule has 0 fully saturated rings. The molecule has 0 radical (unpaired) electrons. The first kappa shape index (κ1) is 12.8. The number of ether oxygens (including phenoxy) is 2. The van der Waals surface area contributed by atoms with E-state index < -0.39 is 0 Å². The van der Waals surface area contributed by atoms with Crippen LogP contribution in [0.15, 0.2) is 48.5 Å². The summed E-state index contributed by atoms with van der Waals surface area (Å²) in [6, 6.07) is 14.7. The number of allylic oxidation sites excluding steroid dienone is 1. The van der Waals surface area contributed by atoms with Crippen molar-refractivity contribution in [1.29, 1.82) is 0 Å². The highest BCUT2D eigenvalue weighted by Gasteiger charge is 2.17. The molecule has 1 aliphatic carbocycles. The molecule has 0 spiro atoms. The Morgan fingerprint density at radius 3 is 2.55 bits per heavy atom. The lowest BCUT2D eigenvalue weighted by Crippen LogP contribution is -1.99. The van der Waals surface area contributed by atoms with E-state index in [1.54, 1.807) is 14.2 Å². The minimum absolute atomic E-state index is 0.448. The molecule has 0 aliphatic heterocycles. The number of methoxy groups -OCH3 is 2. The van der Waals surface area contributed by atoms with E-state index >= 15 is 0 Å². The lowest BCUT2D eigenvalue weighted by Gasteiger charge is -2.13. The largest absolute Gasteiger partial charge is 0.493 e. The molecule has 2 heteroatoms. The quantitative estimate of drug-likeness (QED) is 0.831. The van der Waals surface area contributed by atoms with Gasteiger partial charge >= 0.3 is 0 Å². The van der Waals surface area contributed by atoms with Crippen LogP contribution in [0.4, 0.5) is 0 Å². The third-order valence-electron chi connectivity index (χ3n) is 3.81. The predicted octanol–water partition coefficient (Wildman–Crippen LogP) is 4.06. The van der Waals surface area contributed by atoms with E-state index in [1.165, 1.54) is 16.7 Å². The van der Waals surface area contributed by atoms with Gasteiger partial charge in [-0.1, -0.05) is 42.5 Å². The summed E-state index contributed by atoms with van der Waals surface area (Å²) in [5, 5.41) is 0. The van der Waals surface area contributed by atoms with Crippen LogP contribution in [0.1, 0.15) is 22.6 Å². The molecule has 1 aliphatic rings. The lowest BCUT2D eigenvalue weighted by molar-refractivity contribution is 0.354. The maximum atomic E-state index is 5.37. The van der Waals surface area contributed by atoms with E-state index in [0.29, 0.717) is 5.92 Å². The molecule has 0 bridgehead atoms. The van der Waals surface area contributed by atoms with Crippen LogP contribution in [0.3, 0.4) is 0 Å². The summed E-state index contributed by atoms with van der Waals surface area (Å²) in [7, 11) is 3.33. The molecule has 1 unspecified atom stereocenters. The average Bonchev–Trinajstić information content (AvgIpc) is 2.90. The number of hydrogen-bond donors (Lipinski definition) is 0. The van der Waals surface area contributed by atoms with Gasteiger partial charge in [0.1, 0.15) is 0 Å². The second kappa shape index (κ2) is 5.41. The Bertz CT molecular complexity index is 644. The monoisotopic (exact) mass is 266 g/mol. The van der Waals surface area contributed by atoms with Gasteiger partial charge in [-0.25, -0.2) is 0 Å². The fourth-order valence-electron chi connectivity index (χ4n) is 2.76. The molecule has 0 saturated carbocycles. The van der Waals surface area contributed by atoms with Crippen molar-refractivity contribution < 1.29 is 9.47 Å². The highest BCUT2D eigenvalue weighted by Crippen LogP contribution is 2.34. The van der Waals surface area contributed by atoms with Gasteiger partial charge in [-0.05, 0) is 35.2 Å². The maximum absolute atomic E-state index is 5.37. The molecular weight excluding hydrogens is 248 g/mol. The lowest BCUT2D eigenvalue weighted by atomic mass is 9.93. The van der Waals surface area contributed by atoms with E-state index in [0.717, 1.165) is 17.9 Å². The van der Waals surface area contributed by atoms with Crippen LogP contribution in [0.2, 0.25) is 0 Å². The molecule has 0 amide bonds. The van der Waals surface area contributed by atoms with Crippen LogP contribution in [0.25, 0.3) is 6.08 Å². The summed E-state index contributed by atoms with van der Waals surface area (Å²) < 4.78 is 10.6. The maximum Gasteiger partial charge on any atom is 0.160 e. The summed E-state index contributed by atoms with van der Waals surface area (Å²) in [6.45, 7) is 0. The van der Waals surface area contributed by atoms with Gasteiger partial charge in [0.25, 0.3) is 0 Å². The zero-order chi connectivity index (χ0) is 13.9. The Hall–Kier alpha value is -2.22. The van der Waals surface area contributed by atoms with Crippen LogP contribution in [0, 0.1) is 0 Å². The first-order valence-corrected chi connectivity index (χ1v) is 6.80. The van der Waals surface area contributed by atoms with E-state index in [1.807, 2.05) is 6.07 Å². The third kappa shape index (κ3) is 2.29. The zero-order valence-corrected chi connectivity index (χ0v) is 11.8. The Balaban J connectivity index is 1.84. The van der Waals surface area contributed by atoms with E-state index in [9.17, 15) is 0 Å². The smallest absolute Gasteiger partial charge is 0.160 e. The average molecular weight is 266 g/mol. The normalized spacial score (nSPS) is 16.0. The molecule has 0 aromatic heterocycles. The number of hydrogen-bond acceptors (Lipinski definition) is 2. The van der Waals surface area contributed by atoms with Crippen molar-refractivity contribution in [3.8, 4) is 11.5 Å². The van der Waals surface area contributed by atoms with Gasteiger partial charge in [0.2, 0.25) is 0 Å². The fraction of sp³-hybridized carbons (Fsp3) is 0.222. The minimum Gasteiger partial charge on any atom is -0.493 e. The highest BCUT2D eigenvalue weighted by molar-refractivity contribution is 5.62. The number of rotatable bonds is 4. The van der Waals surface area contributed by atoms with Crippen molar-refractivity contribution in [2.45, 2.75) is 12.3 Å². The van der Waals surface area contributed by atoms with E-state index in [2.05, 4.69) is 48.6 Å². The van der Waals surface area contributed by atoms with Crippen molar-refractivity contribution in [3.05, 3.63) is 65.2 Å². The number of benzene rings is 2. The van der Waals surface area contributed by atoms with Gasteiger partial charge in [0, 0.05) is 5.92 Å². The Morgan fingerprint density at radius 2 is 1.75 bits per heavy atom. The first-order valence-electron chi connectivity index (χ1n) is 6.80. The van der Waals surface area contributed by atoms with Crippen molar-refractivity contribution in [2.24, 2.45) is 0 Å². The van der Waals surface area contributed by atoms with Gasteiger partial charge in [0.05, 0.1) is 14.2 Å². The second-order valence-electron chi connectivity index (χ2n) is 4.99. The van der Waals surface area contributed by atoms with Gasteiger partial charge < -0.3 is 9.47 Å². The van der Waals surface area contributed by atoms with Crippen LogP contribution >= 0.6 is 0 Å². The summed E-state index contributed by atoms with van der Waals surface area (Å²) in [4.78, 5) is 0. The fourth-order valence-corrected chi connectivity index (χ4v) is 2.76. The third-order valence-corrected chi connectivity index (χ3v) is 3.81. The molecule has 2 aromatic rings.